The molecule has 0 bridgehead atoms. The van der Waals surface area contributed by atoms with Crippen molar-refractivity contribution in [2.45, 2.75) is 23.8 Å². The van der Waals surface area contributed by atoms with E-state index < -0.39 is 18.0 Å². The van der Waals surface area contributed by atoms with Gasteiger partial charge in [-0.3, -0.25) is 9.69 Å². The van der Waals surface area contributed by atoms with E-state index in [1.165, 1.54) is 42.2 Å². The molecular weight excluding hydrogens is 437 g/mol. The number of hydrogen-bond acceptors (Lipinski definition) is 6. The van der Waals surface area contributed by atoms with E-state index in [4.69, 9.17) is 4.74 Å². The normalized spacial score (nSPS) is 15.6. The minimum absolute atomic E-state index is 0.198. The number of amides is 2. The molecule has 0 aliphatic carbocycles. The Balaban J connectivity index is 1.43. The molecule has 2 amide bonds. The lowest BCUT2D eigenvalue weighted by Gasteiger charge is -2.14. The number of benzene rings is 1. The number of halogens is 1. The van der Waals surface area contributed by atoms with Crippen molar-refractivity contribution < 1.29 is 23.4 Å². The van der Waals surface area contributed by atoms with Gasteiger partial charge in [0, 0.05) is 31.0 Å². The highest BCUT2D eigenvalue weighted by atomic mass is 32.2. The third-order valence-electron chi connectivity index (χ3n) is 4.77. The van der Waals surface area contributed by atoms with Gasteiger partial charge in [-0.1, -0.05) is 0 Å². The van der Waals surface area contributed by atoms with Crippen LogP contribution in [0.4, 0.5) is 14.9 Å². The number of pyridine rings is 1. The second-order valence-corrected chi connectivity index (χ2v) is 8.11. The summed E-state index contributed by atoms with van der Waals surface area (Å²) < 4.78 is 22.4. The highest BCUT2D eigenvalue weighted by Crippen LogP contribution is 2.26. The van der Waals surface area contributed by atoms with E-state index in [0.717, 1.165) is 4.73 Å². The first-order chi connectivity index (χ1) is 15.4. The van der Waals surface area contributed by atoms with Gasteiger partial charge in [0.05, 0.1) is 36.5 Å². The maximum absolute atomic E-state index is 14.8. The first kappa shape index (κ1) is 21.6. The average molecular weight is 457 g/mol. The number of cyclic esters (lactones) is 1. The second kappa shape index (κ2) is 9.27. The number of anilines is 1. The van der Waals surface area contributed by atoms with E-state index in [-0.39, 0.29) is 24.7 Å². The minimum atomic E-state index is -0.592. The molecule has 1 aliphatic rings. The topological polar surface area (TPSA) is 103 Å². The third kappa shape index (κ3) is 4.83. The molecule has 1 aromatic carbocycles. The van der Waals surface area contributed by atoms with Gasteiger partial charge in [-0.15, -0.1) is 0 Å². The largest absolute Gasteiger partial charge is 0.618 e. The number of hydrogen-bond donors (Lipinski definition) is 1. The number of ether oxygens (including phenoxy) is 1. The van der Waals surface area contributed by atoms with E-state index in [1.54, 1.807) is 41.1 Å². The molecule has 1 saturated heterocycles. The molecule has 11 heteroatoms. The van der Waals surface area contributed by atoms with Gasteiger partial charge in [0.15, 0.2) is 6.20 Å². The zero-order valence-corrected chi connectivity index (χ0v) is 17.9. The van der Waals surface area contributed by atoms with Crippen molar-refractivity contribution in [3.63, 3.8) is 0 Å². The lowest BCUT2D eigenvalue weighted by molar-refractivity contribution is -0.645. The molecule has 0 saturated carbocycles. The van der Waals surface area contributed by atoms with Crippen LogP contribution in [-0.4, -0.2) is 40.7 Å². The van der Waals surface area contributed by atoms with Crippen LogP contribution in [0, 0.1) is 11.0 Å². The van der Waals surface area contributed by atoms with Crippen molar-refractivity contribution in [3.8, 4) is 5.69 Å². The van der Waals surface area contributed by atoms with Crippen LogP contribution in [0.3, 0.4) is 0 Å². The SMILES string of the molecule is CC(=O)NCC1CN(c2ccc(-n3cnc(CSc4cccc[n+]4[O-])c3)c(F)c2)C(=O)O1. The molecule has 3 heterocycles. The number of thioether (sulfide) groups is 1. The molecule has 32 heavy (non-hydrogen) atoms. The number of nitrogens with one attached hydrogen (secondary N) is 1. The van der Waals surface area contributed by atoms with Crippen LogP contribution in [0.5, 0.6) is 0 Å². The lowest BCUT2D eigenvalue weighted by atomic mass is 10.2. The highest BCUT2D eigenvalue weighted by molar-refractivity contribution is 7.98. The average Bonchev–Trinajstić information content (AvgIpc) is 3.38. The van der Waals surface area contributed by atoms with E-state index in [1.807, 2.05) is 0 Å². The van der Waals surface area contributed by atoms with Crippen molar-refractivity contribution in [3.05, 3.63) is 71.8 Å². The van der Waals surface area contributed by atoms with Crippen molar-refractivity contribution in [2.24, 2.45) is 0 Å². The summed E-state index contributed by atoms with van der Waals surface area (Å²) in [4.78, 5) is 28.8. The van der Waals surface area contributed by atoms with Crippen LogP contribution >= 0.6 is 11.8 Å². The fourth-order valence-corrected chi connectivity index (χ4v) is 4.02. The van der Waals surface area contributed by atoms with E-state index in [2.05, 4.69) is 10.3 Å². The van der Waals surface area contributed by atoms with Crippen LogP contribution in [0.15, 0.2) is 60.1 Å². The zero-order chi connectivity index (χ0) is 22.7. The number of carbonyl (C=O) groups is 2. The molecule has 2 aromatic heterocycles. The molecule has 1 aliphatic heterocycles. The molecule has 1 fully saturated rings. The number of rotatable bonds is 7. The van der Waals surface area contributed by atoms with Crippen molar-refractivity contribution in [2.75, 3.05) is 18.0 Å². The highest BCUT2D eigenvalue weighted by Gasteiger charge is 2.32. The van der Waals surface area contributed by atoms with Gasteiger partial charge >= 0.3 is 6.09 Å². The third-order valence-corrected chi connectivity index (χ3v) is 5.82. The Hall–Kier alpha value is -3.60. The first-order valence-corrected chi connectivity index (χ1v) is 10.8. The van der Waals surface area contributed by atoms with Gasteiger partial charge in [0.25, 0.3) is 5.03 Å². The second-order valence-electron chi connectivity index (χ2n) is 7.11. The summed E-state index contributed by atoms with van der Waals surface area (Å²) in [5.41, 5.74) is 1.33. The predicted octanol–water partition coefficient (Wildman–Crippen LogP) is 2.40. The molecule has 1 unspecified atom stereocenters. The van der Waals surface area contributed by atoms with Gasteiger partial charge < -0.3 is 19.8 Å². The van der Waals surface area contributed by atoms with Gasteiger partial charge in [0.1, 0.15) is 11.9 Å². The quantitative estimate of drug-likeness (QED) is 0.332. The molecule has 0 radical (unpaired) electrons. The molecule has 9 nitrogen and oxygen atoms in total. The van der Waals surface area contributed by atoms with Gasteiger partial charge in [-0.05, 0) is 36.0 Å². The Bertz CT molecular complexity index is 1150. The number of imidazole rings is 1. The maximum atomic E-state index is 14.8. The molecule has 1 atom stereocenters. The van der Waals surface area contributed by atoms with Gasteiger partial charge in [-0.2, -0.15) is 4.73 Å². The molecule has 3 aromatic rings. The standard InChI is InChI=1S/C21H20FN5O4S/c1-14(28)23-9-17-11-26(21(29)31-17)16-5-6-19(18(22)8-16)25-10-15(24-13-25)12-32-20-4-2-3-7-27(20)30/h2-8,10,13,17H,9,11-12H2,1H3,(H,23,28). The van der Waals surface area contributed by atoms with Crippen molar-refractivity contribution in [1.82, 2.24) is 14.9 Å². The number of carbonyl (C=O) groups excluding carboxylic acids is 2. The zero-order valence-electron chi connectivity index (χ0n) is 17.1. The molecule has 0 spiro atoms. The van der Waals surface area contributed by atoms with Gasteiger partial charge in [0.2, 0.25) is 5.91 Å². The van der Waals surface area contributed by atoms with Crippen LogP contribution in [0.2, 0.25) is 0 Å². The van der Waals surface area contributed by atoms with Crippen LogP contribution < -0.4 is 14.9 Å². The van der Waals surface area contributed by atoms with Crippen LogP contribution in [0.1, 0.15) is 12.6 Å². The lowest BCUT2D eigenvalue weighted by Crippen LogP contribution is -2.33. The molecule has 1 N–H and O–H groups in total. The fourth-order valence-electron chi connectivity index (χ4n) is 3.21. The summed E-state index contributed by atoms with van der Waals surface area (Å²) >= 11 is 1.33. The monoisotopic (exact) mass is 457 g/mol. The van der Waals surface area contributed by atoms with Crippen LogP contribution in [0.25, 0.3) is 5.69 Å². The Morgan fingerprint density at radius 3 is 3.00 bits per heavy atom. The van der Waals surface area contributed by atoms with Crippen molar-refractivity contribution >= 4 is 29.4 Å². The molecular formula is C21H20FN5O4S. The van der Waals surface area contributed by atoms with Crippen molar-refractivity contribution in [1.29, 1.82) is 0 Å². The summed E-state index contributed by atoms with van der Waals surface area (Å²) in [5.74, 6) is -0.296. The maximum Gasteiger partial charge on any atom is 0.414 e. The number of aromatic nitrogens is 3. The van der Waals surface area contributed by atoms with E-state index >= 15 is 0 Å². The summed E-state index contributed by atoms with van der Waals surface area (Å²) in [5, 5.41) is 14.9. The Morgan fingerprint density at radius 1 is 1.41 bits per heavy atom. The van der Waals surface area contributed by atoms with E-state index in [0.29, 0.717) is 22.2 Å². The summed E-state index contributed by atoms with van der Waals surface area (Å²) in [6, 6.07) is 9.60. The summed E-state index contributed by atoms with van der Waals surface area (Å²) in [7, 11) is 0. The fraction of sp³-hybridized carbons (Fsp3) is 0.238. The smallest absolute Gasteiger partial charge is 0.414 e. The van der Waals surface area contributed by atoms with Gasteiger partial charge in [-0.25, -0.2) is 14.2 Å². The molecule has 4 rings (SSSR count). The summed E-state index contributed by atoms with van der Waals surface area (Å²) in [6.07, 6.45) is 3.52. The first-order valence-electron chi connectivity index (χ1n) is 9.77. The Morgan fingerprint density at radius 2 is 2.25 bits per heavy atom. The summed E-state index contributed by atoms with van der Waals surface area (Å²) in [6.45, 7) is 1.79. The predicted molar refractivity (Wildman–Crippen MR) is 115 cm³/mol. The van der Waals surface area contributed by atoms with Crippen LogP contribution in [-0.2, 0) is 15.3 Å². The Labute approximate surface area is 187 Å². The minimum Gasteiger partial charge on any atom is -0.618 e. The Kier molecular flexibility index (Phi) is 6.26. The van der Waals surface area contributed by atoms with E-state index in [9.17, 15) is 19.2 Å². The molecule has 166 valence electrons. The number of nitrogens with zero attached hydrogens (tertiary/aromatic N) is 4.